The molecule has 6 heteroatoms. The van der Waals surface area contributed by atoms with Crippen LogP contribution in [0.25, 0.3) is 10.8 Å². The van der Waals surface area contributed by atoms with E-state index in [4.69, 9.17) is 0 Å². The van der Waals surface area contributed by atoms with Gasteiger partial charge in [-0.2, -0.15) is 0 Å². The molecular formula is C15H15NO4S. The number of hydrogen-bond donors (Lipinski definition) is 1. The molecule has 21 heavy (non-hydrogen) atoms. The first kappa shape index (κ1) is 13.9. The fourth-order valence-electron chi connectivity index (χ4n) is 2.51. The summed E-state index contributed by atoms with van der Waals surface area (Å²) < 4.78 is 22.8. The average Bonchev–Trinajstić information content (AvgIpc) is 2.47. The van der Waals surface area contributed by atoms with Crippen molar-refractivity contribution in [2.45, 2.75) is 0 Å². The van der Waals surface area contributed by atoms with Crippen molar-refractivity contribution < 1.29 is 18.3 Å². The molecule has 2 aromatic carbocycles. The van der Waals surface area contributed by atoms with E-state index in [1.807, 2.05) is 12.1 Å². The van der Waals surface area contributed by atoms with Gasteiger partial charge in [0.2, 0.25) is 0 Å². The van der Waals surface area contributed by atoms with Gasteiger partial charge in [0.1, 0.15) is 5.75 Å². The van der Waals surface area contributed by atoms with Crippen LogP contribution in [-0.2, 0) is 9.84 Å². The van der Waals surface area contributed by atoms with E-state index in [2.05, 4.69) is 0 Å². The lowest BCUT2D eigenvalue weighted by atomic mass is 10.0. The largest absolute Gasteiger partial charge is 0.506 e. The highest BCUT2D eigenvalue weighted by atomic mass is 32.2. The zero-order valence-electron chi connectivity index (χ0n) is 11.3. The first-order valence-electron chi connectivity index (χ1n) is 6.68. The highest BCUT2D eigenvalue weighted by Crippen LogP contribution is 2.29. The molecule has 2 aromatic rings. The number of aromatic hydroxyl groups is 1. The van der Waals surface area contributed by atoms with Crippen LogP contribution >= 0.6 is 0 Å². The summed E-state index contributed by atoms with van der Waals surface area (Å²) in [7, 11) is -3.03. The Bertz CT molecular complexity index is 800. The van der Waals surface area contributed by atoms with E-state index in [9.17, 15) is 18.3 Å². The van der Waals surface area contributed by atoms with Crippen molar-refractivity contribution in [2.24, 2.45) is 0 Å². The Kier molecular flexibility index (Phi) is 3.33. The van der Waals surface area contributed by atoms with E-state index in [0.717, 1.165) is 5.39 Å². The lowest BCUT2D eigenvalue weighted by molar-refractivity contribution is 0.0767. The third kappa shape index (κ3) is 2.58. The molecule has 1 fully saturated rings. The number of rotatable bonds is 1. The summed E-state index contributed by atoms with van der Waals surface area (Å²) in [6.45, 7) is 0.348. The second-order valence-electron chi connectivity index (χ2n) is 5.13. The summed E-state index contributed by atoms with van der Waals surface area (Å²) in [5.41, 5.74) is 0.216. The molecule has 0 atom stereocenters. The molecule has 1 aliphatic rings. The Labute approximate surface area is 122 Å². The van der Waals surface area contributed by atoms with E-state index < -0.39 is 9.84 Å². The van der Waals surface area contributed by atoms with Crippen LogP contribution in [0.3, 0.4) is 0 Å². The van der Waals surface area contributed by atoms with Gasteiger partial charge in [-0.05, 0) is 11.5 Å². The standard InChI is InChI=1S/C15H15NO4S/c17-14-12-4-2-1-3-11(12)5-6-13(14)15(18)16-7-9-21(19,20)10-8-16/h1-6,17H,7-10H2. The fourth-order valence-corrected chi connectivity index (χ4v) is 3.71. The minimum Gasteiger partial charge on any atom is -0.506 e. The topological polar surface area (TPSA) is 74.7 Å². The number of sulfone groups is 1. The van der Waals surface area contributed by atoms with E-state index >= 15 is 0 Å². The van der Waals surface area contributed by atoms with Crippen molar-refractivity contribution in [2.75, 3.05) is 24.6 Å². The lowest BCUT2D eigenvalue weighted by Crippen LogP contribution is -2.43. The number of benzene rings is 2. The summed E-state index contributed by atoms with van der Waals surface area (Å²) in [5.74, 6) is -0.417. The van der Waals surface area contributed by atoms with Gasteiger partial charge in [-0.25, -0.2) is 8.42 Å². The Morgan fingerprint density at radius 1 is 1.05 bits per heavy atom. The van der Waals surface area contributed by atoms with Crippen molar-refractivity contribution in [1.29, 1.82) is 0 Å². The summed E-state index contributed by atoms with van der Waals surface area (Å²) in [6.07, 6.45) is 0. The zero-order valence-corrected chi connectivity index (χ0v) is 12.1. The van der Waals surface area contributed by atoms with Crippen LogP contribution in [0, 0.1) is 0 Å². The minimum absolute atomic E-state index is 0.0208. The molecule has 110 valence electrons. The van der Waals surface area contributed by atoms with Gasteiger partial charge in [0.05, 0.1) is 17.1 Å². The van der Waals surface area contributed by atoms with Crippen LogP contribution in [-0.4, -0.2) is 48.9 Å². The highest BCUT2D eigenvalue weighted by molar-refractivity contribution is 7.91. The van der Waals surface area contributed by atoms with Crippen molar-refractivity contribution >= 4 is 26.5 Å². The van der Waals surface area contributed by atoms with Gasteiger partial charge in [-0.3, -0.25) is 4.79 Å². The van der Waals surface area contributed by atoms with Gasteiger partial charge in [0.25, 0.3) is 5.91 Å². The third-order valence-corrected chi connectivity index (χ3v) is 5.37. The number of carbonyl (C=O) groups excluding carboxylic acids is 1. The maximum Gasteiger partial charge on any atom is 0.257 e. The average molecular weight is 305 g/mol. The molecule has 0 aliphatic carbocycles. The van der Waals surface area contributed by atoms with E-state index in [1.165, 1.54) is 4.90 Å². The minimum atomic E-state index is -3.03. The molecule has 0 bridgehead atoms. The van der Waals surface area contributed by atoms with E-state index in [1.54, 1.807) is 24.3 Å². The number of phenolic OH excluding ortho intramolecular Hbond substituents is 1. The quantitative estimate of drug-likeness (QED) is 0.864. The Hall–Kier alpha value is -2.08. The molecule has 0 aromatic heterocycles. The van der Waals surface area contributed by atoms with Crippen molar-refractivity contribution in [1.82, 2.24) is 4.90 Å². The molecule has 0 unspecified atom stereocenters. The molecule has 5 nitrogen and oxygen atoms in total. The van der Waals surface area contributed by atoms with Crippen molar-refractivity contribution in [3.05, 3.63) is 42.0 Å². The second-order valence-corrected chi connectivity index (χ2v) is 7.43. The highest BCUT2D eigenvalue weighted by Gasteiger charge is 2.27. The normalized spacial score (nSPS) is 17.8. The molecule has 3 rings (SSSR count). The van der Waals surface area contributed by atoms with E-state index in [0.29, 0.717) is 5.39 Å². The maximum absolute atomic E-state index is 12.4. The predicted octanol–water partition coefficient (Wildman–Crippen LogP) is 1.42. The van der Waals surface area contributed by atoms with Gasteiger partial charge in [-0.15, -0.1) is 0 Å². The van der Waals surface area contributed by atoms with Crippen LogP contribution in [0.4, 0.5) is 0 Å². The number of amides is 1. The number of nitrogens with zero attached hydrogens (tertiary/aromatic N) is 1. The molecule has 1 saturated heterocycles. The first-order chi connectivity index (χ1) is 9.98. The number of phenols is 1. The third-order valence-electron chi connectivity index (χ3n) is 3.76. The lowest BCUT2D eigenvalue weighted by Gasteiger charge is -2.27. The van der Waals surface area contributed by atoms with Gasteiger partial charge in [-0.1, -0.05) is 30.3 Å². The molecular weight excluding hydrogens is 290 g/mol. The van der Waals surface area contributed by atoms with Crippen LogP contribution in [0.2, 0.25) is 0 Å². The van der Waals surface area contributed by atoms with Crippen molar-refractivity contribution in [3.8, 4) is 5.75 Å². The van der Waals surface area contributed by atoms with Gasteiger partial charge in [0, 0.05) is 18.5 Å². The summed E-state index contributed by atoms with van der Waals surface area (Å²) in [5, 5.41) is 11.8. The zero-order chi connectivity index (χ0) is 15.0. The molecule has 0 radical (unpaired) electrons. The predicted molar refractivity (Wildman–Crippen MR) is 80.2 cm³/mol. The molecule has 0 spiro atoms. The van der Waals surface area contributed by atoms with Gasteiger partial charge in [0.15, 0.2) is 9.84 Å². The van der Waals surface area contributed by atoms with Gasteiger partial charge < -0.3 is 10.0 Å². The fraction of sp³-hybridized carbons (Fsp3) is 0.267. The number of hydrogen-bond acceptors (Lipinski definition) is 4. The van der Waals surface area contributed by atoms with E-state index in [-0.39, 0.29) is 41.8 Å². The monoisotopic (exact) mass is 305 g/mol. The molecule has 0 saturated carbocycles. The molecule has 1 amide bonds. The summed E-state index contributed by atoms with van der Waals surface area (Å²) in [6, 6.07) is 10.6. The second kappa shape index (κ2) is 5.04. The van der Waals surface area contributed by atoms with Gasteiger partial charge >= 0.3 is 0 Å². The summed E-state index contributed by atoms with van der Waals surface area (Å²) >= 11 is 0. The maximum atomic E-state index is 12.4. The SMILES string of the molecule is O=C(c1ccc2ccccc2c1O)N1CCS(=O)(=O)CC1. The van der Waals surface area contributed by atoms with Crippen LogP contribution in [0.1, 0.15) is 10.4 Å². The van der Waals surface area contributed by atoms with Crippen molar-refractivity contribution in [3.63, 3.8) is 0 Å². The Morgan fingerprint density at radius 3 is 2.43 bits per heavy atom. The smallest absolute Gasteiger partial charge is 0.257 e. The first-order valence-corrected chi connectivity index (χ1v) is 8.50. The Balaban J connectivity index is 1.94. The molecule has 1 N–H and O–H groups in total. The Morgan fingerprint density at radius 2 is 1.71 bits per heavy atom. The summed E-state index contributed by atoms with van der Waals surface area (Å²) in [4.78, 5) is 13.9. The number of carbonyl (C=O) groups is 1. The van der Waals surface area contributed by atoms with Crippen LogP contribution in [0.15, 0.2) is 36.4 Å². The number of fused-ring (bicyclic) bond motifs is 1. The molecule has 1 aliphatic heterocycles. The van der Waals surface area contributed by atoms with Crippen LogP contribution < -0.4 is 0 Å². The molecule has 1 heterocycles. The van der Waals surface area contributed by atoms with Crippen LogP contribution in [0.5, 0.6) is 5.75 Å².